The number of carbonyl (C=O) groups is 1. The molecule has 0 fully saturated rings. The van der Waals surface area contributed by atoms with Crippen molar-refractivity contribution in [1.82, 2.24) is 0 Å². The Hall–Kier alpha value is -2.14. The van der Waals surface area contributed by atoms with Crippen molar-refractivity contribution in [3.63, 3.8) is 0 Å². The summed E-state index contributed by atoms with van der Waals surface area (Å²) in [6.07, 6.45) is 4.94. The number of carbonyl (C=O) groups excluding carboxylic acids is 1. The van der Waals surface area contributed by atoms with Crippen LogP contribution in [0.1, 0.15) is 51.5 Å². The second-order valence-corrected chi connectivity index (χ2v) is 8.31. The topological polar surface area (TPSA) is 61.5 Å². The van der Waals surface area contributed by atoms with Crippen LogP contribution in [-0.4, -0.2) is 18.3 Å². The van der Waals surface area contributed by atoms with Crippen molar-refractivity contribution in [3.8, 4) is 5.75 Å². The van der Waals surface area contributed by atoms with E-state index in [1.54, 1.807) is 11.8 Å². The molecule has 0 radical (unpaired) electrons. The van der Waals surface area contributed by atoms with Gasteiger partial charge >= 0.3 is 5.97 Å². The van der Waals surface area contributed by atoms with Crippen LogP contribution in [0, 0.1) is 5.92 Å². The summed E-state index contributed by atoms with van der Waals surface area (Å²) in [6.45, 7) is 5.38. The normalized spacial score (nSPS) is 11.8. The number of benzene rings is 2. The standard InChI is InChI=1S/C24H33NO3S/c1-3-5-9-19(4-2)17-28-24(26)14-15-29-23-13-12-21(16-22(23)25)27-18-20-10-7-6-8-11-20/h6-8,10-13,16,19H,3-5,9,14-15,17-18,25H2,1-2H3. The van der Waals surface area contributed by atoms with Crippen molar-refractivity contribution < 1.29 is 14.3 Å². The monoisotopic (exact) mass is 415 g/mol. The Morgan fingerprint density at radius 2 is 1.93 bits per heavy atom. The molecule has 2 rings (SSSR count). The first kappa shape index (κ1) is 23.1. The SMILES string of the molecule is CCCCC(CC)COC(=O)CCSc1ccc(OCc2ccccc2)cc1N. The summed E-state index contributed by atoms with van der Waals surface area (Å²) in [5.74, 6) is 1.74. The Labute approximate surface area is 179 Å². The molecule has 1 atom stereocenters. The molecule has 0 aromatic heterocycles. The van der Waals surface area contributed by atoms with E-state index in [4.69, 9.17) is 15.2 Å². The second-order valence-electron chi connectivity index (χ2n) is 7.17. The van der Waals surface area contributed by atoms with Gasteiger partial charge in [-0.15, -0.1) is 11.8 Å². The lowest BCUT2D eigenvalue weighted by Gasteiger charge is -2.14. The van der Waals surface area contributed by atoms with Gasteiger partial charge in [-0.3, -0.25) is 4.79 Å². The van der Waals surface area contributed by atoms with E-state index in [9.17, 15) is 4.79 Å². The van der Waals surface area contributed by atoms with E-state index in [1.165, 1.54) is 12.8 Å². The first-order chi connectivity index (χ1) is 14.1. The Morgan fingerprint density at radius 3 is 2.62 bits per heavy atom. The maximum atomic E-state index is 12.0. The van der Waals surface area contributed by atoms with Crippen molar-refractivity contribution in [3.05, 3.63) is 54.1 Å². The molecule has 2 N–H and O–H groups in total. The van der Waals surface area contributed by atoms with Crippen LogP contribution in [-0.2, 0) is 16.1 Å². The number of unbranched alkanes of at least 4 members (excludes halogenated alkanes) is 1. The average molecular weight is 416 g/mol. The zero-order valence-corrected chi connectivity index (χ0v) is 18.4. The number of nitrogen functional groups attached to an aromatic ring is 1. The highest BCUT2D eigenvalue weighted by molar-refractivity contribution is 7.99. The van der Waals surface area contributed by atoms with E-state index in [0.29, 0.717) is 37.0 Å². The van der Waals surface area contributed by atoms with E-state index >= 15 is 0 Å². The summed E-state index contributed by atoms with van der Waals surface area (Å²) in [4.78, 5) is 13.0. The lowest BCUT2D eigenvalue weighted by molar-refractivity contribution is -0.144. The van der Waals surface area contributed by atoms with Crippen LogP contribution in [0.3, 0.4) is 0 Å². The van der Waals surface area contributed by atoms with Crippen LogP contribution in [0.2, 0.25) is 0 Å². The zero-order chi connectivity index (χ0) is 20.9. The summed E-state index contributed by atoms with van der Waals surface area (Å²) >= 11 is 1.57. The molecule has 0 heterocycles. The Morgan fingerprint density at radius 1 is 1.14 bits per heavy atom. The van der Waals surface area contributed by atoms with Crippen molar-refractivity contribution >= 4 is 23.4 Å². The van der Waals surface area contributed by atoms with Crippen LogP contribution in [0.15, 0.2) is 53.4 Å². The Kier molecular flexibility index (Phi) is 10.5. The smallest absolute Gasteiger partial charge is 0.306 e. The Balaban J connectivity index is 1.71. The number of rotatable bonds is 13. The molecule has 29 heavy (non-hydrogen) atoms. The van der Waals surface area contributed by atoms with Gasteiger partial charge in [-0.05, 0) is 30.0 Å². The molecular formula is C24H33NO3S. The molecule has 2 aromatic rings. The zero-order valence-electron chi connectivity index (χ0n) is 17.6. The lowest BCUT2D eigenvalue weighted by Crippen LogP contribution is -2.14. The highest BCUT2D eigenvalue weighted by Gasteiger charge is 2.11. The van der Waals surface area contributed by atoms with Gasteiger partial charge in [-0.2, -0.15) is 0 Å². The quantitative estimate of drug-likeness (QED) is 0.244. The molecule has 5 heteroatoms. The van der Waals surface area contributed by atoms with Gasteiger partial charge in [0.15, 0.2) is 0 Å². The first-order valence-electron chi connectivity index (χ1n) is 10.5. The van der Waals surface area contributed by atoms with Gasteiger partial charge in [0.2, 0.25) is 0 Å². The van der Waals surface area contributed by atoms with Gasteiger partial charge < -0.3 is 15.2 Å². The Bertz CT molecular complexity index is 736. The fourth-order valence-corrected chi connectivity index (χ4v) is 3.79. The largest absolute Gasteiger partial charge is 0.489 e. The van der Waals surface area contributed by atoms with Crippen molar-refractivity contribution in [2.45, 2.75) is 57.5 Å². The van der Waals surface area contributed by atoms with E-state index in [0.717, 1.165) is 29.1 Å². The van der Waals surface area contributed by atoms with Crippen LogP contribution in [0.4, 0.5) is 5.69 Å². The van der Waals surface area contributed by atoms with E-state index in [2.05, 4.69) is 13.8 Å². The summed E-state index contributed by atoms with van der Waals surface area (Å²) < 4.78 is 11.2. The van der Waals surface area contributed by atoms with Crippen LogP contribution < -0.4 is 10.5 Å². The first-order valence-corrected chi connectivity index (χ1v) is 11.5. The molecular weight excluding hydrogens is 382 g/mol. The summed E-state index contributed by atoms with van der Waals surface area (Å²) in [7, 11) is 0. The number of thioether (sulfide) groups is 1. The number of ether oxygens (including phenoxy) is 2. The maximum Gasteiger partial charge on any atom is 0.306 e. The van der Waals surface area contributed by atoms with Crippen molar-refractivity contribution in [1.29, 1.82) is 0 Å². The molecule has 0 aliphatic carbocycles. The van der Waals surface area contributed by atoms with Gasteiger partial charge in [0.1, 0.15) is 12.4 Å². The number of hydrogen-bond donors (Lipinski definition) is 1. The van der Waals surface area contributed by atoms with E-state index in [1.807, 2.05) is 48.5 Å². The number of esters is 1. The fraction of sp³-hybridized carbons (Fsp3) is 0.458. The molecule has 2 aromatic carbocycles. The highest BCUT2D eigenvalue weighted by Crippen LogP contribution is 2.29. The third-order valence-corrected chi connectivity index (χ3v) is 5.91. The maximum absolute atomic E-state index is 12.0. The predicted octanol–water partition coefficient (Wildman–Crippen LogP) is 6.09. The summed E-state index contributed by atoms with van der Waals surface area (Å²) in [5, 5.41) is 0. The van der Waals surface area contributed by atoms with Gasteiger partial charge in [0, 0.05) is 22.4 Å². The molecule has 0 aliphatic heterocycles. The lowest BCUT2D eigenvalue weighted by atomic mass is 10.0. The van der Waals surface area contributed by atoms with E-state index < -0.39 is 0 Å². The minimum absolute atomic E-state index is 0.131. The highest BCUT2D eigenvalue weighted by atomic mass is 32.2. The molecule has 4 nitrogen and oxygen atoms in total. The average Bonchev–Trinajstić information content (AvgIpc) is 2.74. The van der Waals surface area contributed by atoms with Gasteiger partial charge in [-0.25, -0.2) is 0 Å². The third-order valence-electron chi connectivity index (χ3n) is 4.82. The summed E-state index contributed by atoms with van der Waals surface area (Å²) in [5.41, 5.74) is 7.93. The van der Waals surface area contributed by atoms with Gasteiger partial charge in [0.25, 0.3) is 0 Å². The van der Waals surface area contributed by atoms with Crippen molar-refractivity contribution in [2.75, 3.05) is 18.1 Å². The number of anilines is 1. The molecule has 0 bridgehead atoms. The van der Waals surface area contributed by atoms with Gasteiger partial charge in [0.05, 0.1) is 13.0 Å². The van der Waals surface area contributed by atoms with Crippen LogP contribution >= 0.6 is 11.8 Å². The molecule has 0 aliphatic rings. The predicted molar refractivity (Wildman–Crippen MR) is 121 cm³/mol. The van der Waals surface area contributed by atoms with Gasteiger partial charge in [-0.1, -0.05) is 63.4 Å². The van der Waals surface area contributed by atoms with Crippen LogP contribution in [0.25, 0.3) is 0 Å². The fourth-order valence-electron chi connectivity index (χ4n) is 2.91. The summed E-state index contributed by atoms with van der Waals surface area (Å²) in [6, 6.07) is 15.7. The molecule has 158 valence electrons. The minimum Gasteiger partial charge on any atom is -0.489 e. The van der Waals surface area contributed by atoms with Crippen molar-refractivity contribution in [2.24, 2.45) is 5.92 Å². The molecule has 0 amide bonds. The second kappa shape index (κ2) is 13.2. The third kappa shape index (κ3) is 8.82. The van der Waals surface area contributed by atoms with Crippen LogP contribution in [0.5, 0.6) is 5.75 Å². The molecule has 0 saturated carbocycles. The molecule has 0 saturated heterocycles. The minimum atomic E-state index is -0.131. The number of hydrogen-bond acceptors (Lipinski definition) is 5. The van der Waals surface area contributed by atoms with E-state index in [-0.39, 0.29) is 5.97 Å². The molecule has 0 spiro atoms. The number of nitrogens with two attached hydrogens (primary N) is 1. The molecule has 1 unspecified atom stereocenters.